The van der Waals surface area contributed by atoms with Crippen LogP contribution in [-0.4, -0.2) is 32.0 Å². The van der Waals surface area contributed by atoms with E-state index >= 15 is 0 Å². The zero-order chi connectivity index (χ0) is 13.0. The second-order valence-electron chi connectivity index (χ2n) is 4.82. The highest BCUT2D eigenvalue weighted by atomic mass is 79.9. The van der Waals surface area contributed by atoms with Crippen LogP contribution < -0.4 is 5.73 Å². The molecule has 0 radical (unpaired) electrons. The van der Waals surface area contributed by atoms with E-state index in [2.05, 4.69) is 28.1 Å². The molecule has 4 heteroatoms. The summed E-state index contributed by atoms with van der Waals surface area (Å²) in [5.74, 6) is 0. The first-order valence-electron chi connectivity index (χ1n) is 6.29. The number of halogens is 1. The highest BCUT2D eigenvalue weighted by molar-refractivity contribution is 9.10. The summed E-state index contributed by atoms with van der Waals surface area (Å²) in [6, 6.07) is 8.31. The number of rotatable bonds is 4. The molecule has 1 unspecified atom stereocenters. The van der Waals surface area contributed by atoms with Crippen molar-refractivity contribution in [2.24, 2.45) is 5.73 Å². The summed E-state index contributed by atoms with van der Waals surface area (Å²) in [5.41, 5.74) is 7.38. The second-order valence-corrected chi connectivity index (χ2v) is 5.73. The third kappa shape index (κ3) is 3.12. The van der Waals surface area contributed by atoms with E-state index in [1.165, 1.54) is 5.56 Å². The minimum Gasteiger partial charge on any atom is -0.381 e. The van der Waals surface area contributed by atoms with Crippen molar-refractivity contribution in [2.45, 2.75) is 30.9 Å². The maximum atomic E-state index is 6.37. The van der Waals surface area contributed by atoms with E-state index in [0.29, 0.717) is 0 Å². The Morgan fingerprint density at radius 2 is 1.94 bits per heavy atom. The molecule has 0 saturated carbocycles. The standard InChI is InChI=1S/C14H20BrNO2/c1-17-14(6-8-18-9-7-14)13(16)10-11-2-4-12(15)5-3-11/h2-5,13H,6-10,16H2,1H3. The van der Waals surface area contributed by atoms with Crippen LogP contribution >= 0.6 is 15.9 Å². The predicted molar refractivity (Wildman–Crippen MR) is 75.6 cm³/mol. The van der Waals surface area contributed by atoms with Gasteiger partial charge in [0, 0.05) is 43.7 Å². The molecule has 1 aliphatic rings. The number of methoxy groups -OCH3 is 1. The van der Waals surface area contributed by atoms with Crippen LogP contribution in [0.4, 0.5) is 0 Å². The van der Waals surface area contributed by atoms with Crippen molar-refractivity contribution in [3.8, 4) is 0 Å². The summed E-state index contributed by atoms with van der Waals surface area (Å²) in [7, 11) is 1.76. The number of hydrogen-bond donors (Lipinski definition) is 1. The van der Waals surface area contributed by atoms with Crippen molar-refractivity contribution in [1.82, 2.24) is 0 Å². The van der Waals surface area contributed by atoms with Gasteiger partial charge in [-0.1, -0.05) is 28.1 Å². The van der Waals surface area contributed by atoms with Gasteiger partial charge >= 0.3 is 0 Å². The van der Waals surface area contributed by atoms with E-state index in [1.807, 2.05) is 12.1 Å². The number of hydrogen-bond acceptors (Lipinski definition) is 3. The van der Waals surface area contributed by atoms with Crippen LogP contribution in [0.15, 0.2) is 28.7 Å². The fourth-order valence-corrected chi connectivity index (χ4v) is 2.77. The lowest BCUT2D eigenvalue weighted by Crippen LogP contribution is -2.53. The first-order chi connectivity index (χ1) is 8.66. The largest absolute Gasteiger partial charge is 0.381 e. The Kier molecular flexibility index (Phi) is 4.78. The maximum absolute atomic E-state index is 6.37. The Bertz CT molecular complexity index is 374. The summed E-state index contributed by atoms with van der Waals surface area (Å²) < 4.78 is 12.2. The van der Waals surface area contributed by atoms with Gasteiger partial charge in [-0.15, -0.1) is 0 Å². The molecule has 1 heterocycles. The number of ether oxygens (including phenoxy) is 2. The molecular formula is C14H20BrNO2. The average molecular weight is 314 g/mol. The van der Waals surface area contributed by atoms with E-state index in [1.54, 1.807) is 7.11 Å². The number of nitrogens with two attached hydrogens (primary N) is 1. The molecule has 0 spiro atoms. The topological polar surface area (TPSA) is 44.5 Å². The van der Waals surface area contributed by atoms with E-state index in [9.17, 15) is 0 Å². The molecule has 1 aromatic rings. The van der Waals surface area contributed by atoms with Crippen molar-refractivity contribution in [3.05, 3.63) is 34.3 Å². The average Bonchev–Trinajstić information content (AvgIpc) is 2.42. The molecule has 0 aromatic heterocycles. The van der Waals surface area contributed by atoms with Crippen molar-refractivity contribution in [3.63, 3.8) is 0 Å². The van der Waals surface area contributed by atoms with Crippen molar-refractivity contribution >= 4 is 15.9 Å². The first kappa shape index (κ1) is 14.0. The minimum atomic E-state index is -0.231. The third-order valence-corrected chi connectivity index (χ3v) is 4.32. The van der Waals surface area contributed by atoms with Crippen LogP contribution in [0.1, 0.15) is 18.4 Å². The normalized spacial score (nSPS) is 20.6. The molecule has 2 rings (SSSR count). The molecular weight excluding hydrogens is 294 g/mol. The van der Waals surface area contributed by atoms with Gasteiger partial charge in [-0.2, -0.15) is 0 Å². The molecule has 0 bridgehead atoms. The molecule has 0 aliphatic carbocycles. The molecule has 2 N–H and O–H groups in total. The van der Waals surface area contributed by atoms with Crippen LogP contribution in [0.3, 0.4) is 0 Å². The molecule has 1 atom stereocenters. The van der Waals surface area contributed by atoms with Gasteiger partial charge in [0.1, 0.15) is 0 Å². The van der Waals surface area contributed by atoms with Crippen LogP contribution in [0.5, 0.6) is 0 Å². The van der Waals surface area contributed by atoms with E-state index in [4.69, 9.17) is 15.2 Å². The monoisotopic (exact) mass is 313 g/mol. The Morgan fingerprint density at radius 3 is 2.50 bits per heavy atom. The van der Waals surface area contributed by atoms with Gasteiger partial charge in [0.15, 0.2) is 0 Å². The van der Waals surface area contributed by atoms with Gasteiger partial charge in [0.2, 0.25) is 0 Å². The van der Waals surface area contributed by atoms with Crippen molar-refractivity contribution in [1.29, 1.82) is 0 Å². The summed E-state index contributed by atoms with van der Waals surface area (Å²) in [6.45, 7) is 1.48. The van der Waals surface area contributed by atoms with Gasteiger partial charge in [-0.05, 0) is 24.1 Å². The molecule has 18 heavy (non-hydrogen) atoms. The summed E-state index contributed by atoms with van der Waals surface area (Å²) in [4.78, 5) is 0. The molecule has 0 amide bonds. The summed E-state index contributed by atoms with van der Waals surface area (Å²) in [5, 5.41) is 0. The van der Waals surface area contributed by atoms with Gasteiger partial charge in [0.05, 0.1) is 5.60 Å². The second kappa shape index (κ2) is 6.15. The predicted octanol–water partition coefficient (Wildman–Crippen LogP) is 2.51. The third-order valence-electron chi connectivity index (χ3n) is 3.79. The van der Waals surface area contributed by atoms with E-state index in [-0.39, 0.29) is 11.6 Å². The zero-order valence-corrected chi connectivity index (χ0v) is 12.3. The molecule has 1 aliphatic heterocycles. The smallest absolute Gasteiger partial charge is 0.0875 e. The molecule has 1 aromatic carbocycles. The van der Waals surface area contributed by atoms with Gasteiger partial charge in [-0.25, -0.2) is 0 Å². The lowest BCUT2D eigenvalue weighted by atomic mass is 9.83. The maximum Gasteiger partial charge on any atom is 0.0875 e. The minimum absolute atomic E-state index is 0.00701. The Hall–Kier alpha value is -0.420. The van der Waals surface area contributed by atoms with Crippen molar-refractivity contribution in [2.75, 3.05) is 20.3 Å². The number of benzene rings is 1. The molecule has 1 saturated heterocycles. The van der Waals surface area contributed by atoms with Gasteiger partial charge in [0.25, 0.3) is 0 Å². The lowest BCUT2D eigenvalue weighted by molar-refractivity contribution is -0.103. The summed E-state index contributed by atoms with van der Waals surface area (Å²) >= 11 is 3.44. The highest BCUT2D eigenvalue weighted by Crippen LogP contribution is 2.29. The highest BCUT2D eigenvalue weighted by Gasteiger charge is 2.38. The van der Waals surface area contributed by atoms with E-state index < -0.39 is 0 Å². The van der Waals surface area contributed by atoms with Crippen LogP contribution in [0, 0.1) is 0 Å². The molecule has 1 fully saturated rings. The fraction of sp³-hybridized carbons (Fsp3) is 0.571. The quantitative estimate of drug-likeness (QED) is 0.929. The molecule has 3 nitrogen and oxygen atoms in total. The van der Waals surface area contributed by atoms with Crippen LogP contribution in [0.25, 0.3) is 0 Å². The first-order valence-corrected chi connectivity index (χ1v) is 7.08. The Labute approximate surface area is 117 Å². The van der Waals surface area contributed by atoms with Gasteiger partial charge in [-0.3, -0.25) is 0 Å². The lowest BCUT2D eigenvalue weighted by Gasteiger charge is -2.40. The zero-order valence-electron chi connectivity index (χ0n) is 10.7. The van der Waals surface area contributed by atoms with E-state index in [0.717, 1.165) is 36.9 Å². The summed E-state index contributed by atoms with van der Waals surface area (Å²) in [6.07, 6.45) is 2.59. The van der Waals surface area contributed by atoms with Crippen LogP contribution in [0.2, 0.25) is 0 Å². The SMILES string of the molecule is COC1(C(N)Cc2ccc(Br)cc2)CCOCC1. The Morgan fingerprint density at radius 1 is 1.33 bits per heavy atom. The molecule has 100 valence electrons. The van der Waals surface area contributed by atoms with Crippen LogP contribution in [-0.2, 0) is 15.9 Å². The van der Waals surface area contributed by atoms with Crippen molar-refractivity contribution < 1.29 is 9.47 Å². The van der Waals surface area contributed by atoms with Gasteiger partial charge < -0.3 is 15.2 Å². The fourth-order valence-electron chi connectivity index (χ4n) is 2.50. The Balaban J connectivity index is 2.05.